The number of pyridine rings is 1. The fourth-order valence-electron chi connectivity index (χ4n) is 5.97. The lowest BCUT2D eigenvalue weighted by Crippen LogP contribution is -2.31. The molecule has 10 heteroatoms. The number of fused-ring (bicyclic) bond motifs is 1. The number of benzene rings is 2. The number of carbonyl (C=O) groups is 1. The Bertz CT molecular complexity index is 1610. The molecule has 9 nitrogen and oxygen atoms in total. The number of ether oxygens (including phenoxy) is 1. The number of hydrogen-bond acceptors (Lipinski definition) is 8. The van der Waals surface area contributed by atoms with Gasteiger partial charge in [-0.2, -0.15) is 10.2 Å². The number of nitrogens with one attached hydrogen (secondary N) is 1. The Morgan fingerprint density at radius 1 is 0.953 bits per heavy atom. The average molecular weight is 596 g/mol. The van der Waals surface area contributed by atoms with Crippen molar-refractivity contribution in [3.63, 3.8) is 0 Å². The Labute approximate surface area is 254 Å². The second kappa shape index (κ2) is 12.7. The molecule has 4 aromatic rings. The van der Waals surface area contributed by atoms with Gasteiger partial charge in [-0.05, 0) is 79.5 Å². The van der Waals surface area contributed by atoms with Crippen molar-refractivity contribution >= 4 is 23.5 Å². The van der Waals surface area contributed by atoms with Gasteiger partial charge in [-0.3, -0.25) is 14.9 Å². The van der Waals surface area contributed by atoms with Gasteiger partial charge in [-0.15, -0.1) is 11.8 Å². The maximum Gasteiger partial charge on any atom is 0.412 e. The monoisotopic (exact) mass is 595 g/mol. The summed E-state index contributed by atoms with van der Waals surface area (Å²) in [4.78, 5) is 18.0. The van der Waals surface area contributed by atoms with E-state index in [-0.39, 0.29) is 35.7 Å². The second-order valence-corrected chi connectivity index (χ2v) is 11.5. The number of nitrogens with zero attached hydrogens (tertiary/aromatic N) is 4. The fourth-order valence-corrected chi connectivity index (χ4v) is 6.47. The largest absolute Gasteiger partial charge is 0.494 e. The zero-order chi connectivity index (χ0) is 29.8. The molecule has 3 heterocycles. The summed E-state index contributed by atoms with van der Waals surface area (Å²) < 4.78 is 7.18. The molecule has 43 heavy (non-hydrogen) atoms. The molecule has 5 unspecified atom stereocenters. The maximum atomic E-state index is 12.9. The molecule has 5 atom stereocenters. The van der Waals surface area contributed by atoms with E-state index in [0.717, 1.165) is 24.1 Å². The topological polar surface area (TPSA) is 121 Å². The van der Waals surface area contributed by atoms with Crippen LogP contribution < -0.4 is 5.32 Å². The Balaban J connectivity index is 1.16. The van der Waals surface area contributed by atoms with E-state index in [1.165, 1.54) is 22.4 Å². The molecule has 0 radical (unpaired) electrons. The molecule has 0 saturated carbocycles. The summed E-state index contributed by atoms with van der Waals surface area (Å²) in [6.45, 7) is 0. The molecule has 6 rings (SSSR count). The third-order valence-electron chi connectivity index (χ3n) is 8.06. The zero-order valence-electron chi connectivity index (χ0n) is 23.7. The highest BCUT2D eigenvalue weighted by Gasteiger charge is 2.40. The van der Waals surface area contributed by atoms with Crippen LogP contribution in [-0.4, -0.2) is 38.2 Å². The molecule has 3 N–H and O–H groups in total. The minimum absolute atomic E-state index is 0.0387. The van der Waals surface area contributed by atoms with Gasteiger partial charge in [-0.25, -0.2) is 4.79 Å². The molecular formula is C33H33N5O4S. The lowest BCUT2D eigenvalue weighted by molar-refractivity contribution is 0.120. The van der Waals surface area contributed by atoms with Crippen molar-refractivity contribution in [3.8, 4) is 17.4 Å². The summed E-state index contributed by atoms with van der Waals surface area (Å²) in [5, 5.41) is 33.0. The SMILES string of the molecule is CSc1cc(O)n(-c2ccc(NC(=O)OC3C=CC4C(c5ccccn5)N=NC(c5ccccc5)C4CCC3)cc2)c1O. The zero-order valence-corrected chi connectivity index (χ0v) is 24.5. The van der Waals surface area contributed by atoms with Crippen LogP contribution in [-0.2, 0) is 4.74 Å². The molecular weight excluding hydrogens is 562 g/mol. The van der Waals surface area contributed by atoms with Gasteiger partial charge in [0.1, 0.15) is 12.1 Å². The average Bonchev–Trinajstić information content (AvgIpc) is 3.32. The van der Waals surface area contributed by atoms with Crippen molar-refractivity contribution in [2.45, 2.75) is 42.3 Å². The van der Waals surface area contributed by atoms with Gasteiger partial charge in [0.05, 0.1) is 22.3 Å². The molecule has 1 aliphatic heterocycles. The summed E-state index contributed by atoms with van der Waals surface area (Å²) >= 11 is 1.34. The Hall–Kier alpha value is -4.57. The van der Waals surface area contributed by atoms with Crippen LogP contribution in [0.5, 0.6) is 11.8 Å². The first-order chi connectivity index (χ1) is 21.0. The van der Waals surface area contributed by atoms with E-state index in [9.17, 15) is 15.0 Å². The van der Waals surface area contributed by atoms with Crippen molar-refractivity contribution in [1.29, 1.82) is 0 Å². The number of aromatic nitrogens is 2. The molecule has 2 aliphatic rings. The predicted octanol–water partition coefficient (Wildman–Crippen LogP) is 7.84. The highest BCUT2D eigenvalue weighted by molar-refractivity contribution is 7.98. The molecule has 220 valence electrons. The van der Waals surface area contributed by atoms with Crippen LogP contribution in [0.25, 0.3) is 5.69 Å². The number of anilines is 1. The summed E-state index contributed by atoms with van der Waals surface area (Å²) in [6, 6.07) is 24.2. The lowest BCUT2D eigenvalue weighted by Gasteiger charge is -2.38. The van der Waals surface area contributed by atoms with Gasteiger partial charge < -0.3 is 14.9 Å². The molecule has 0 spiro atoms. The van der Waals surface area contributed by atoms with Crippen LogP contribution in [0.2, 0.25) is 0 Å². The highest BCUT2D eigenvalue weighted by atomic mass is 32.2. The quantitative estimate of drug-likeness (QED) is 0.154. The summed E-state index contributed by atoms with van der Waals surface area (Å²) in [7, 11) is 0. The van der Waals surface area contributed by atoms with Gasteiger partial charge in [-0.1, -0.05) is 42.5 Å². The van der Waals surface area contributed by atoms with E-state index < -0.39 is 12.2 Å². The van der Waals surface area contributed by atoms with Crippen molar-refractivity contribution < 1.29 is 19.7 Å². The van der Waals surface area contributed by atoms with Gasteiger partial charge in [0.15, 0.2) is 5.88 Å². The number of thioether (sulfide) groups is 1. The molecule has 1 amide bonds. The number of aromatic hydroxyl groups is 2. The van der Waals surface area contributed by atoms with E-state index in [1.54, 1.807) is 30.5 Å². The number of azo groups is 1. The smallest absolute Gasteiger partial charge is 0.412 e. The van der Waals surface area contributed by atoms with E-state index in [1.807, 2.05) is 48.7 Å². The third-order valence-corrected chi connectivity index (χ3v) is 8.80. The van der Waals surface area contributed by atoms with E-state index in [2.05, 4.69) is 28.5 Å². The molecule has 0 fully saturated rings. The number of carbonyl (C=O) groups excluding carboxylic acids is 1. The minimum Gasteiger partial charge on any atom is -0.494 e. The van der Waals surface area contributed by atoms with Crippen LogP contribution in [0, 0.1) is 11.8 Å². The van der Waals surface area contributed by atoms with Crippen LogP contribution in [0.15, 0.2) is 112 Å². The van der Waals surface area contributed by atoms with Gasteiger partial charge in [0, 0.05) is 23.9 Å². The van der Waals surface area contributed by atoms with E-state index in [4.69, 9.17) is 15.0 Å². The Morgan fingerprint density at radius 2 is 1.72 bits per heavy atom. The summed E-state index contributed by atoms with van der Waals surface area (Å²) in [6.07, 6.45) is 9.27. The molecule has 2 aromatic carbocycles. The first kappa shape index (κ1) is 28.5. The van der Waals surface area contributed by atoms with Crippen LogP contribution in [0.3, 0.4) is 0 Å². The maximum absolute atomic E-state index is 12.9. The molecule has 0 bridgehead atoms. The Morgan fingerprint density at radius 3 is 2.44 bits per heavy atom. The van der Waals surface area contributed by atoms with Crippen molar-refractivity contribution in [3.05, 3.63) is 108 Å². The molecule has 2 aromatic heterocycles. The van der Waals surface area contributed by atoms with E-state index >= 15 is 0 Å². The summed E-state index contributed by atoms with van der Waals surface area (Å²) in [5.41, 5.74) is 3.13. The van der Waals surface area contributed by atoms with Gasteiger partial charge >= 0.3 is 6.09 Å². The van der Waals surface area contributed by atoms with Crippen molar-refractivity contribution in [1.82, 2.24) is 9.55 Å². The van der Waals surface area contributed by atoms with Crippen molar-refractivity contribution in [2.75, 3.05) is 11.6 Å². The fraction of sp³-hybridized carbons (Fsp3) is 0.273. The second-order valence-electron chi connectivity index (χ2n) is 10.7. The number of hydrogen-bond donors (Lipinski definition) is 3. The van der Waals surface area contributed by atoms with Gasteiger partial charge in [0.2, 0.25) is 5.88 Å². The summed E-state index contributed by atoms with van der Waals surface area (Å²) in [5.74, 6) is 0.179. The minimum atomic E-state index is -0.553. The predicted molar refractivity (Wildman–Crippen MR) is 166 cm³/mol. The van der Waals surface area contributed by atoms with Crippen LogP contribution in [0.4, 0.5) is 10.5 Å². The van der Waals surface area contributed by atoms with Crippen LogP contribution >= 0.6 is 11.8 Å². The van der Waals surface area contributed by atoms with Gasteiger partial charge in [0.25, 0.3) is 0 Å². The third kappa shape index (κ3) is 6.15. The highest BCUT2D eigenvalue weighted by Crippen LogP contribution is 2.48. The standard InChI is InChI=1S/C33H33N5O4S/c1-43-28-20-29(39)38(32(28)40)23-15-13-22(14-16-23)35-33(41)42-24-10-7-11-25-26(18-17-24)31(27-12-5-6-19-34-27)37-36-30(25)21-8-3-2-4-9-21/h2-6,8-9,12-20,24-26,30-31,39-40H,7,10-11H2,1H3,(H,35,41). The first-order valence-electron chi connectivity index (χ1n) is 14.3. The van der Waals surface area contributed by atoms with Crippen LogP contribution in [0.1, 0.15) is 42.6 Å². The number of amides is 1. The van der Waals surface area contributed by atoms with Crippen molar-refractivity contribution in [2.24, 2.45) is 22.1 Å². The molecule has 1 aliphatic carbocycles. The lowest BCUT2D eigenvalue weighted by atomic mass is 9.73. The number of rotatable bonds is 6. The normalized spacial score (nSPS) is 23.1. The van der Waals surface area contributed by atoms with E-state index in [0.29, 0.717) is 22.7 Å². The first-order valence-corrected chi connectivity index (χ1v) is 15.5. The molecule has 0 saturated heterocycles. The Kier molecular flexibility index (Phi) is 8.46.